The maximum atomic E-state index is 13.2. The Bertz CT molecular complexity index is 921. The van der Waals surface area contributed by atoms with E-state index in [1.54, 1.807) is 30.5 Å². The van der Waals surface area contributed by atoms with Gasteiger partial charge < -0.3 is 9.15 Å². The molecule has 1 saturated heterocycles. The third-order valence-corrected chi connectivity index (χ3v) is 6.51. The van der Waals surface area contributed by atoms with Crippen molar-refractivity contribution in [2.45, 2.75) is 12.2 Å². The first-order chi connectivity index (χ1) is 14.6. The number of imide groups is 1. The number of nitrogens with zero attached hydrogens (tertiary/aromatic N) is 2. The van der Waals surface area contributed by atoms with Crippen LogP contribution in [0.5, 0.6) is 0 Å². The van der Waals surface area contributed by atoms with Crippen molar-refractivity contribution in [2.75, 3.05) is 39.4 Å². The average Bonchev–Trinajstić information content (AvgIpc) is 3.36. The van der Waals surface area contributed by atoms with Crippen LogP contribution in [0.2, 0.25) is 5.02 Å². The van der Waals surface area contributed by atoms with Gasteiger partial charge in [-0.2, -0.15) is 0 Å². The van der Waals surface area contributed by atoms with Crippen LogP contribution >= 0.6 is 23.4 Å². The normalized spacial score (nSPS) is 18.0. The number of halogens is 1. The molecular weight excluding hydrogens is 424 g/mol. The van der Waals surface area contributed by atoms with Crippen LogP contribution in [0.4, 0.5) is 0 Å². The van der Waals surface area contributed by atoms with E-state index in [9.17, 15) is 9.59 Å². The van der Waals surface area contributed by atoms with Gasteiger partial charge in [0.25, 0.3) is 11.8 Å². The van der Waals surface area contributed by atoms with Crippen LogP contribution in [0.25, 0.3) is 5.57 Å². The topological polar surface area (TPSA) is 63.0 Å². The highest BCUT2D eigenvalue weighted by Crippen LogP contribution is 2.38. The Kier molecular flexibility index (Phi) is 6.94. The minimum atomic E-state index is -0.244. The molecule has 0 unspecified atom stereocenters. The molecule has 0 aliphatic carbocycles. The molecule has 158 valence electrons. The largest absolute Gasteiger partial charge is 0.468 e. The Morgan fingerprint density at radius 1 is 1.00 bits per heavy atom. The Hall–Kier alpha value is -2.06. The lowest BCUT2D eigenvalue weighted by Crippen LogP contribution is -2.39. The van der Waals surface area contributed by atoms with E-state index in [4.69, 9.17) is 20.8 Å². The van der Waals surface area contributed by atoms with Gasteiger partial charge in [0.05, 0.1) is 35.7 Å². The molecule has 1 aromatic carbocycles. The number of furan rings is 1. The van der Waals surface area contributed by atoms with Crippen LogP contribution in [0.1, 0.15) is 17.7 Å². The number of rotatable bonds is 8. The standard InChI is InChI=1S/C22H23ClN2O4S/c23-17-6-4-16(5-7-17)19-20(30-15-18-3-1-12-29-18)22(27)25(21(19)26)9-2-8-24-10-13-28-14-11-24/h1,3-7,12H,2,8-11,13-15H2. The fourth-order valence-electron chi connectivity index (χ4n) is 3.58. The molecule has 0 atom stereocenters. The minimum Gasteiger partial charge on any atom is -0.468 e. The molecule has 0 radical (unpaired) electrons. The number of ether oxygens (including phenoxy) is 1. The van der Waals surface area contributed by atoms with Crippen molar-refractivity contribution in [3.05, 3.63) is 63.9 Å². The molecule has 2 aliphatic rings. The van der Waals surface area contributed by atoms with Crippen LogP contribution in [0, 0.1) is 0 Å². The lowest BCUT2D eigenvalue weighted by molar-refractivity contribution is -0.136. The highest BCUT2D eigenvalue weighted by molar-refractivity contribution is 8.03. The summed E-state index contributed by atoms with van der Waals surface area (Å²) < 4.78 is 10.8. The molecule has 8 heteroatoms. The molecule has 3 heterocycles. The summed E-state index contributed by atoms with van der Waals surface area (Å²) in [4.78, 5) is 30.5. The zero-order chi connectivity index (χ0) is 20.9. The van der Waals surface area contributed by atoms with Gasteiger partial charge in [0, 0.05) is 31.2 Å². The van der Waals surface area contributed by atoms with E-state index in [2.05, 4.69) is 4.90 Å². The van der Waals surface area contributed by atoms with Crippen LogP contribution in [-0.2, 0) is 20.1 Å². The highest BCUT2D eigenvalue weighted by atomic mass is 35.5. The van der Waals surface area contributed by atoms with E-state index in [0.717, 1.165) is 45.0 Å². The third kappa shape index (κ3) is 4.81. The van der Waals surface area contributed by atoms with Gasteiger partial charge in [0.1, 0.15) is 5.76 Å². The van der Waals surface area contributed by atoms with Gasteiger partial charge in [-0.1, -0.05) is 23.7 Å². The van der Waals surface area contributed by atoms with E-state index in [-0.39, 0.29) is 11.8 Å². The smallest absolute Gasteiger partial charge is 0.267 e. The van der Waals surface area contributed by atoms with Gasteiger partial charge in [-0.05, 0) is 36.2 Å². The molecule has 2 aliphatic heterocycles. The van der Waals surface area contributed by atoms with Crippen molar-refractivity contribution in [1.82, 2.24) is 9.80 Å². The molecular formula is C22H23ClN2O4S. The average molecular weight is 447 g/mol. The summed E-state index contributed by atoms with van der Waals surface area (Å²) in [5, 5.41) is 0.586. The summed E-state index contributed by atoms with van der Waals surface area (Å²) >= 11 is 7.35. The van der Waals surface area contributed by atoms with Crippen LogP contribution in [0.15, 0.2) is 52.0 Å². The summed E-state index contributed by atoms with van der Waals surface area (Å²) in [5.41, 5.74) is 1.15. The van der Waals surface area contributed by atoms with E-state index in [1.807, 2.05) is 12.1 Å². The zero-order valence-electron chi connectivity index (χ0n) is 16.5. The molecule has 6 nitrogen and oxygen atoms in total. The number of benzene rings is 1. The Morgan fingerprint density at radius 3 is 2.47 bits per heavy atom. The summed E-state index contributed by atoms with van der Waals surface area (Å²) in [6, 6.07) is 10.7. The lowest BCUT2D eigenvalue weighted by Gasteiger charge is -2.27. The number of amides is 2. The van der Waals surface area contributed by atoms with Crippen LogP contribution < -0.4 is 0 Å². The number of hydrogen-bond donors (Lipinski definition) is 0. The number of thioether (sulfide) groups is 1. The van der Waals surface area contributed by atoms with Crippen molar-refractivity contribution in [2.24, 2.45) is 0 Å². The highest BCUT2D eigenvalue weighted by Gasteiger charge is 2.39. The second-order valence-electron chi connectivity index (χ2n) is 7.15. The molecule has 2 amide bonds. The summed E-state index contributed by atoms with van der Waals surface area (Å²) in [6.45, 7) is 4.48. The Morgan fingerprint density at radius 2 is 1.77 bits per heavy atom. The predicted octanol–water partition coefficient (Wildman–Crippen LogP) is 3.67. The van der Waals surface area contributed by atoms with Gasteiger partial charge in [-0.3, -0.25) is 19.4 Å². The van der Waals surface area contributed by atoms with Gasteiger partial charge in [-0.15, -0.1) is 11.8 Å². The quantitative estimate of drug-likeness (QED) is 0.576. The second kappa shape index (κ2) is 9.83. The van der Waals surface area contributed by atoms with Gasteiger partial charge in [-0.25, -0.2) is 0 Å². The van der Waals surface area contributed by atoms with E-state index >= 15 is 0 Å². The predicted molar refractivity (Wildman–Crippen MR) is 117 cm³/mol. The molecule has 0 saturated carbocycles. The first-order valence-corrected chi connectivity index (χ1v) is 11.3. The SMILES string of the molecule is O=C1C(SCc2ccco2)=C(c2ccc(Cl)cc2)C(=O)N1CCCN1CCOCC1. The van der Waals surface area contributed by atoms with E-state index in [0.29, 0.717) is 33.4 Å². The minimum absolute atomic E-state index is 0.233. The van der Waals surface area contributed by atoms with Crippen molar-refractivity contribution >= 4 is 40.8 Å². The molecule has 0 N–H and O–H groups in total. The van der Waals surface area contributed by atoms with Gasteiger partial charge in [0.2, 0.25) is 0 Å². The molecule has 0 bridgehead atoms. The van der Waals surface area contributed by atoms with Crippen molar-refractivity contribution in [1.29, 1.82) is 0 Å². The molecule has 2 aromatic rings. The monoisotopic (exact) mass is 446 g/mol. The number of carbonyl (C=O) groups is 2. The molecule has 1 aromatic heterocycles. The van der Waals surface area contributed by atoms with Crippen LogP contribution in [-0.4, -0.2) is 61.0 Å². The summed E-state index contributed by atoms with van der Waals surface area (Å²) in [5.74, 6) is 0.767. The maximum Gasteiger partial charge on any atom is 0.267 e. The fraction of sp³-hybridized carbons (Fsp3) is 0.364. The van der Waals surface area contributed by atoms with Crippen LogP contribution in [0.3, 0.4) is 0 Å². The summed E-state index contributed by atoms with van der Waals surface area (Å²) in [6.07, 6.45) is 2.34. The molecule has 30 heavy (non-hydrogen) atoms. The first-order valence-electron chi connectivity index (χ1n) is 9.95. The number of morpholine rings is 1. The Balaban J connectivity index is 1.49. The van der Waals surface area contributed by atoms with Crippen molar-refractivity contribution in [3.63, 3.8) is 0 Å². The van der Waals surface area contributed by atoms with E-state index < -0.39 is 0 Å². The molecule has 1 fully saturated rings. The van der Waals surface area contributed by atoms with Gasteiger partial charge in [0.15, 0.2) is 0 Å². The number of hydrogen-bond acceptors (Lipinski definition) is 6. The van der Waals surface area contributed by atoms with E-state index in [1.165, 1.54) is 16.7 Å². The first kappa shape index (κ1) is 21.2. The lowest BCUT2D eigenvalue weighted by atomic mass is 10.1. The zero-order valence-corrected chi connectivity index (χ0v) is 18.1. The Labute approximate surface area is 184 Å². The fourth-order valence-corrected chi connectivity index (χ4v) is 4.74. The summed E-state index contributed by atoms with van der Waals surface area (Å²) in [7, 11) is 0. The second-order valence-corrected chi connectivity index (χ2v) is 8.57. The maximum absolute atomic E-state index is 13.2. The molecule has 0 spiro atoms. The number of carbonyl (C=O) groups excluding carboxylic acids is 2. The van der Waals surface area contributed by atoms with Crippen molar-refractivity contribution in [3.8, 4) is 0 Å². The van der Waals surface area contributed by atoms with Gasteiger partial charge >= 0.3 is 0 Å². The van der Waals surface area contributed by atoms with Crippen molar-refractivity contribution < 1.29 is 18.7 Å². The third-order valence-electron chi connectivity index (χ3n) is 5.16. The molecule has 4 rings (SSSR count).